The lowest BCUT2D eigenvalue weighted by atomic mass is 10.1. The van der Waals surface area contributed by atoms with Gasteiger partial charge in [0, 0.05) is 8.95 Å². The Morgan fingerprint density at radius 1 is 1.15 bits per heavy atom. The van der Waals surface area contributed by atoms with Gasteiger partial charge in [-0.15, -0.1) is 0 Å². The zero-order valence-corrected chi connectivity index (χ0v) is 14.5. The summed E-state index contributed by atoms with van der Waals surface area (Å²) < 4.78 is 1.82. The number of halogens is 2. The Balaban J connectivity index is 2.15. The van der Waals surface area contributed by atoms with E-state index in [0.717, 1.165) is 20.1 Å². The highest BCUT2D eigenvalue weighted by molar-refractivity contribution is 9.10. The van der Waals surface area contributed by atoms with E-state index in [2.05, 4.69) is 37.2 Å². The molecule has 2 aromatic carbocycles. The third kappa shape index (κ3) is 3.70. The maximum atomic E-state index is 12.3. The van der Waals surface area contributed by atoms with Gasteiger partial charge in [-0.3, -0.25) is 4.79 Å². The predicted molar refractivity (Wildman–Crippen MR) is 88.9 cm³/mol. The molecule has 20 heavy (non-hydrogen) atoms. The SMILES string of the molecule is Cc1ccc(C(=O)NC(C)c2cccc(Br)c2)c(Br)c1. The molecule has 1 amide bonds. The Bertz CT molecular complexity index is 640. The molecule has 104 valence electrons. The minimum atomic E-state index is -0.0793. The summed E-state index contributed by atoms with van der Waals surface area (Å²) in [6.45, 7) is 3.97. The first-order valence-electron chi connectivity index (χ1n) is 6.30. The molecule has 0 bridgehead atoms. The summed E-state index contributed by atoms with van der Waals surface area (Å²) in [4.78, 5) is 12.3. The van der Waals surface area contributed by atoms with Crippen molar-refractivity contribution in [2.75, 3.05) is 0 Å². The molecule has 0 saturated heterocycles. The van der Waals surface area contributed by atoms with Crippen molar-refractivity contribution in [1.82, 2.24) is 5.32 Å². The van der Waals surface area contributed by atoms with Gasteiger partial charge < -0.3 is 5.32 Å². The van der Waals surface area contributed by atoms with E-state index in [1.807, 2.05) is 56.3 Å². The molecule has 0 spiro atoms. The lowest BCUT2D eigenvalue weighted by Crippen LogP contribution is -2.26. The van der Waals surface area contributed by atoms with Crippen molar-refractivity contribution in [1.29, 1.82) is 0 Å². The van der Waals surface area contributed by atoms with Gasteiger partial charge in [-0.2, -0.15) is 0 Å². The van der Waals surface area contributed by atoms with E-state index in [1.165, 1.54) is 0 Å². The van der Waals surface area contributed by atoms with E-state index >= 15 is 0 Å². The van der Waals surface area contributed by atoms with E-state index in [4.69, 9.17) is 0 Å². The summed E-state index contributed by atoms with van der Waals surface area (Å²) in [6, 6.07) is 13.6. The van der Waals surface area contributed by atoms with Crippen LogP contribution in [0.15, 0.2) is 51.4 Å². The van der Waals surface area contributed by atoms with Crippen molar-refractivity contribution < 1.29 is 4.79 Å². The molecule has 0 saturated carbocycles. The fourth-order valence-electron chi connectivity index (χ4n) is 1.94. The lowest BCUT2D eigenvalue weighted by molar-refractivity contribution is 0.0939. The Morgan fingerprint density at radius 2 is 1.90 bits per heavy atom. The fraction of sp³-hybridized carbons (Fsp3) is 0.188. The molecule has 1 unspecified atom stereocenters. The van der Waals surface area contributed by atoms with E-state index in [-0.39, 0.29) is 11.9 Å². The summed E-state index contributed by atoms with van der Waals surface area (Å²) in [5.41, 5.74) is 2.84. The van der Waals surface area contributed by atoms with Crippen LogP contribution in [-0.4, -0.2) is 5.91 Å². The van der Waals surface area contributed by atoms with Gasteiger partial charge in [0.15, 0.2) is 0 Å². The van der Waals surface area contributed by atoms with Crippen molar-refractivity contribution in [2.24, 2.45) is 0 Å². The molecular weight excluding hydrogens is 382 g/mol. The number of hydrogen-bond donors (Lipinski definition) is 1. The average Bonchev–Trinajstić information content (AvgIpc) is 2.38. The second-order valence-corrected chi connectivity index (χ2v) is 6.50. The molecule has 0 aliphatic rings. The van der Waals surface area contributed by atoms with Crippen LogP contribution in [0.3, 0.4) is 0 Å². The van der Waals surface area contributed by atoms with E-state index in [9.17, 15) is 4.79 Å². The molecule has 0 radical (unpaired) electrons. The Hall–Kier alpha value is -1.13. The zero-order chi connectivity index (χ0) is 14.7. The van der Waals surface area contributed by atoms with Gasteiger partial charge in [0.25, 0.3) is 5.91 Å². The van der Waals surface area contributed by atoms with Gasteiger partial charge in [0.2, 0.25) is 0 Å². The lowest BCUT2D eigenvalue weighted by Gasteiger charge is -2.15. The number of benzene rings is 2. The molecule has 2 rings (SSSR count). The second kappa shape index (κ2) is 6.55. The third-order valence-electron chi connectivity index (χ3n) is 3.07. The number of carbonyl (C=O) groups excluding carboxylic acids is 1. The van der Waals surface area contributed by atoms with Crippen LogP contribution in [0.1, 0.15) is 34.5 Å². The number of rotatable bonds is 3. The fourth-order valence-corrected chi connectivity index (χ4v) is 3.03. The monoisotopic (exact) mass is 395 g/mol. The van der Waals surface area contributed by atoms with Gasteiger partial charge in [-0.1, -0.05) is 34.1 Å². The van der Waals surface area contributed by atoms with Crippen molar-refractivity contribution in [2.45, 2.75) is 19.9 Å². The molecule has 0 aliphatic heterocycles. The van der Waals surface area contributed by atoms with Crippen LogP contribution < -0.4 is 5.32 Å². The number of amides is 1. The highest BCUT2D eigenvalue weighted by atomic mass is 79.9. The first-order chi connectivity index (χ1) is 9.47. The molecule has 0 heterocycles. The van der Waals surface area contributed by atoms with Crippen molar-refractivity contribution in [3.05, 3.63) is 68.1 Å². The molecule has 0 aliphatic carbocycles. The van der Waals surface area contributed by atoms with Crippen LogP contribution in [0.4, 0.5) is 0 Å². The molecule has 1 atom stereocenters. The highest BCUT2D eigenvalue weighted by Crippen LogP contribution is 2.21. The number of nitrogens with one attached hydrogen (secondary N) is 1. The highest BCUT2D eigenvalue weighted by Gasteiger charge is 2.14. The minimum Gasteiger partial charge on any atom is -0.345 e. The predicted octanol–water partition coefficient (Wildman–Crippen LogP) is 5.01. The zero-order valence-electron chi connectivity index (χ0n) is 11.3. The molecule has 1 N–H and O–H groups in total. The number of hydrogen-bond acceptors (Lipinski definition) is 1. The molecule has 0 fully saturated rings. The summed E-state index contributed by atoms with van der Waals surface area (Å²) in [6.07, 6.45) is 0. The van der Waals surface area contributed by atoms with Gasteiger partial charge >= 0.3 is 0 Å². The standard InChI is InChI=1S/C16H15Br2NO/c1-10-6-7-14(15(18)8-10)16(20)19-11(2)12-4-3-5-13(17)9-12/h3-9,11H,1-2H3,(H,19,20). The van der Waals surface area contributed by atoms with Gasteiger partial charge in [0.05, 0.1) is 11.6 Å². The van der Waals surface area contributed by atoms with E-state index in [0.29, 0.717) is 5.56 Å². The Labute approximate surface area is 135 Å². The minimum absolute atomic E-state index is 0.0480. The molecule has 2 aromatic rings. The van der Waals surface area contributed by atoms with Gasteiger partial charge in [0.1, 0.15) is 0 Å². The van der Waals surface area contributed by atoms with Crippen LogP contribution in [0, 0.1) is 6.92 Å². The second-order valence-electron chi connectivity index (χ2n) is 4.73. The average molecular weight is 397 g/mol. The normalized spacial score (nSPS) is 12.0. The smallest absolute Gasteiger partial charge is 0.252 e. The third-order valence-corrected chi connectivity index (χ3v) is 4.21. The summed E-state index contributed by atoms with van der Waals surface area (Å²) >= 11 is 6.88. The molecular formula is C16H15Br2NO. The van der Waals surface area contributed by atoms with Crippen LogP contribution >= 0.6 is 31.9 Å². The van der Waals surface area contributed by atoms with Crippen LogP contribution in [0.2, 0.25) is 0 Å². The van der Waals surface area contributed by atoms with Gasteiger partial charge in [-0.05, 0) is 65.2 Å². The van der Waals surface area contributed by atoms with Gasteiger partial charge in [-0.25, -0.2) is 0 Å². The van der Waals surface area contributed by atoms with E-state index < -0.39 is 0 Å². The Morgan fingerprint density at radius 3 is 2.55 bits per heavy atom. The quantitative estimate of drug-likeness (QED) is 0.775. The first kappa shape index (κ1) is 15.3. The summed E-state index contributed by atoms with van der Waals surface area (Å²) in [5, 5.41) is 3.01. The molecule has 4 heteroatoms. The largest absolute Gasteiger partial charge is 0.345 e. The van der Waals surface area contributed by atoms with Crippen molar-refractivity contribution in [3.63, 3.8) is 0 Å². The maximum Gasteiger partial charge on any atom is 0.252 e. The van der Waals surface area contributed by atoms with Crippen LogP contribution in [-0.2, 0) is 0 Å². The summed E-state index contributed by atoms with van der Waals surface area (Å²) in [7, 11) is 0. The maximum absolute atomic E-state index is 12.3. The Kier molecular flexibility index (Phi) is 5.00. The first-order valence-corrected chi connectivity index (χ1v) is 7.88. The summed E-state index contributed by atoms with van der Waals surface area (Å²) in [5.74, 6) is -0.0793. The molecule has 2 nitrogen and oxygen atoms in total. The topological polar surface area (TPSA) is 29.1 Å². The van der Waals surface area contributed by atoms with Crippen molar-refractivity contribution in [3.8, 4) is 0 Å². The number of carbonyl (C=O) groups is 1. The van der Waals surface area contributed by atoms with Crippen molar-refractivity contribution >= 4 is 37.8 Å². The molecule has 0 aromatic heterocycles. The van der Waals surface area contributed by atoms with Crippen LogP contribution in [0.5, 0.6) is 0 Å². The van der Waals surface area contributed by atoms with E-state index in [1.54, 1.807) is 0 Å². The number of aryl methyl sites for hydroxylation is 1. The van der Waals surface area contributed by atoms with Crippen LogP contribution in [0.25, 0.3) is 0 Å².